The third kappa shape index (κ3) is 1.43. The Labute approximate surface area is 86.3 Å². The molecule has 2 aromatic rings. The lowest BCUT2D eigenvalue weighted by Crippen LogP contribution is -2.26. The highest BCUT2D eigenvalue weighted by atomic mass is 15.6. The van der Waals surface area contributed by atoms with Crippen LogP contribution in [0.15, 0.2) is 24.5 Å². The van der Waals surface area contributed by atoms with E-state index < -0.39 is 0 Å². The van der Waals surface area contributed by atoms with Crippen molar-refractivity contribution < 1.29 is 0 Å². The van der Waals surface area contributed by atoms with Gasteiger partial charge >= 0.3 is 0 Å². The van der Waals surface area contributed by atoms with Crippen LogP contribution in [0.4, 0.5) is 5.95 Å². The van der Waals surface area contributed by atoms with Gasteiger partial charge in [-0.3, -0.25) is 4.98 Å². The van der Waals surface area contributed by atoms with Crippen molar-refractivity contribution in [2.45, 2.75) is 12.5 Å². The van der Waals surface area contributed by atoms with Crippen LogP contribution in [-0.2, 0) is 6.54 Å². The molecule has 0 aromatic carbocycles. The summed E-state index contributed by atoms with van der Waals surface area (Å²) in [5, 5.41) is 14.6. The lowest BCUT2D eigenvalue weighted by molar-refractivity contribution is 0.493. The summed E-state index contributed by atoms with van der Waals surface area (Å²) in [7, 11) is 0. The van der Waals surface area contributed by atoms with E-state index in [4.69, 9.17) is 0 Å². The molecule has 1 aliphatic rings. The highest BCUT2D eigenvalue weighted by molar-refractivity contribution is 5.29. The van der Waals surface area contributed by atoms with Crippen LogP contribution in [0, 0.1) is 0 Å². The van der Waals surface area contributed by atoms with Gasteiger partial charge in [0.25, 0.3) is 0 Å². The first-order valence-corrected chi connectivity index (χ1v) is 4.83. The van der Waals surface area contributed by atoms with Crippen molar-refractivity contribution >= 4 is 5.95 Å². The van der Waals surface area contributed by atoms with Crippen LogP contribution in [0.25, 0.3) is 0 Å². The van der Waals surface area contributed by atoms with Gasteiger partial charge in [-0.25, -0.2) is 4.68 Å². The van der Waals surface area contributed by atoms with Gasteiger partial charge in [0.2, 0.25) is 5.95 Å². The fourth-order valence-electron chi connectivity index (χ4n) is 1.80. The Bertz CT molecular complexity index is 451. The fourth-order valence-corrected chi connectivity index (χ4v) is 1.80. The molecule has 0 spiro atoms. The third-order valence-electron chi connectivity index (χ3n) is 2.61. The summed E-state index contributed by atoms with van der Waals surface area (Å²) >= 11 is 0. The van der Waals surface area contributed by atoms with E-state index in [9.17, 15) is 0 Å². The molecule has 1 unspecified atom stereocenters. The van der Waals surface area contributed by atoms with Crippen LogP contribution in [0.3, 0.4) is 0 Å². The summed E-state index contributed by atoms with van der Waals surface area (Å²) in [5.74, 6) is 1.16. The largest absolute Gasteiger partial charge is 0.352 e. The summed E-state index contributed by atoms with van der Waals surface area (Å²) < 4.78 is 1.79. The predicted octanol–water partition coefficient (Wildman–Crippen LogP) is 0.277. The molecule has 0 saturated carbocycles. The number of hydrogen-bond donors (Lipinski definition) is 1. The number of tetrazole rings is 1. The molecule has 0 amide bonds. The summed E-state index contributed by atoms with van der Waals surface area (Å²) in [6.07, 6.45) is 3.62. The molecule has 6 nitrogen and oxygen atoms in total. The Morgan fingerprint density at radius 2 is 2.20 bits per heavy atom. The van der Waals surface area contributed by atoms with E-state index in [0.29, 0.717) is 5.92 Å². The average Bonchev–Trinajstić information content (AvgIpc) is 2.77. The average molecular weight is 202 g/mol. The van der Waals surface area contributed by atoms with Crippen LogP contribution >= 0.6 is 0 Å². The standard InChI is InChI=1S/C9H10N6/c1-3-10-4-2-7(1)8-5-11-9-12-13-14-15(9)6-8/h1-4,8H,5-6H2,(H,11,12,14). The first-order valence-electron chi connectivity index (χ1n) is 4.83. The van der Waals surface area contributed by atoms with Crippen LogP contribution in [0.2, 0.25) is 0 Å². The zero-order valence-corrected chi connectivity index (χ0v) is 8.04. The van der Waals surface area contributed by atoms with E-state index in [1.54, 1.807) is 4.68 Å². The lowest BCUT2D eigenvalue weighted by Gasteiger charge is -2.22. The van der Waals surface area contributed by atoms with Crippen molar-refractivity contribution in [2.75, 3.05) is 11.9 Å². The summed E-state index contributed by atoms with van der Waals surface area (Å²) in [4.78, 5) is 4.01. The molecule has 0 saturated heterocycles. The molecule has 1 N–H and O–H groups in total. The zero-order valence-electron chi connectivity index (χ0n) is 8.04. The summed E-state index contributed by atoms with van der Waals surface area (Å²) in [6.45, 7) is 1.68. The molecular weight excluding hydrogens is 192 g/mol. The second-order valence-electron chi connectivity index (χ2n) is 3.54. The van der Waals surface area contributed by atoms with E-state index in [2.05, 4.69) is 25.8 Å². The summed E-state index contributed by atoms with van der Waals surface area (Å²) in [6, 6.07) is 4.06. The monoisotopic (exact) mass is 202 g/mol. The van der Waals surface area contributed by atoms with Gasteiger partial charge in [-0.2, -0.15) is 0 Å². The van der Waals surface area contributed by atoms with Gasteiger partial charge < -0.3 is 5.32 Å². The van der Waals surface area contributed by atoms with Crippen LogP contribution < -0.4 is 5.32 Å². The van der Waals surface area contributed by atoms with E-state index in [0.717, 1.165) is 19.0 Å². The number of nitrogens with one attached hydrogen (secondary N) is 1. The van der Waals surface area contributed by atoms with Crippen molar-refractivity contribution in [2.24, 2.45) is 0 Å². The normalized spacial score (nSPS) is 19.3. The molecule has 1 atom stereocenters. The zero-order chi connectivity index (χ0) is 10.1. The number of nitrogens with zero attached hydrogens (tertiary/aromatic N) is 5. The predicted molar refractivity (Wildman–Crippen MR) is 53.3 cm³/mol. The lowest BCUT2D eigenvalue weighted by atomic mass is 9.99. The minimum absolute atomic E-state index is 0.406. The van der Waals surface area contributed by atoms with E-state index in [1.165, 1.54) is 5.56 Å². The Hall–Kier alpha value is -1.98. The Kier molecular flexibility index (Phi) is 1.84. The fraction of sp³-hybridized carbons (Fsp3) is 0.333. The first kappa shape index (κ1) is 8.34. The smallest absolute Gasteiger partial charge is 0.242 e. The number of fused-ring (bicyclic) bond motifs is 1. The van der Waals surface area contributed by atoms with Gasteiger partial charge in [-0.15, -0.1) is 0 Å². The molecule has 3 heterocycles. The van der Waals surface area contributed by atoms with Crippen LogP contribution in [-0.4, -0.2) is 31.7 Å². The van der Waals surface area contributed by atoms with Crippen molar-refractivity contribution in [3.8, 4) is 0 Å². The van der Waals surface area contributed by atoms with Gasteiger partial charge in [-0.1, -0.05) is 5.10 Å². The molecule has 0 aliphatic carbocycles. The molecule has 0 fully saturated rings. The van der Waals surface area contributed by atoms with Gasteiger partial charge in [0.05, 0.1) is 6.54 Å². The minimum Gasteiger partial charge on any atom is -0.352 e. The SMILES string of the molecule is c1cc(C2CNc3nnnn3C2)ccn1. The van der Waals surface area contributed by atoms with Crippen molar-refractivity contribution in [3.05, 3.63) is 30.1 Å². The Morgan fingerprint density at radius 3 is 3.07 bits per heavy atom. The number of pyridine rings is 1. The molecular formula is C9H10N6. The number of hydrogen-bond acceptors (Lipinski definition) is 5. The van der Waals surface area contributed by atoms with Crippen molar-refractivity contribution in [1.82, 2.24) is 25.2 Å². The van der Waals surface area contributed by atoms with E-state index in [1.807, 2.05) is 24.5 Å². The van der Waals surface area contributed by atoms with E-state index >= 15 is 0 Å². The second kappa shape index (κ2) is 3.30. The highest BCUT2D eigenvalue weighted by Crippen LogP contribution is 2.22. The molecule has 0 bridgehead atoms. The molecule has 1 aliphatic heterocycles. The summed E-state index contributed by atoms with van der Waals surface area (Å²) in [5.41, 5.74) is 1.26. The van der Waals surface area contributed by atoms with Gasteiger partial charge in [0.15, 0.2) is 0 Å². The second-order valence-corrected chi connectivity index (χ2v) is 3.54. The van der Waals surface area contributed by atoms with E-state index in [-0.39, 0.29) is 0 Å². The maximum Gasteiger partial charge on any atom is 0.242 e. The number of rotatable bonds is 1. The van der Waals surface area contributed by atoms with Crippen molar-refractivity contribution in [1.29, 1.82) is 0 Å². The molecule has 3 rings (SSSR count). The first-order chi connectivity index (χ1) is 7.43. The van der Waals surface area contributed by atoms with Crippen LogP contribution in [0.5, 0.6) is 0 Å². The Morgan fingerprint density at radius 1 is 1.33 bits per heavy atom. The van der Waals surface area contributed by atoms with Gasteiger partial charge in [0.1, 0.15) is 0 Å². The quantitative estimate of drug-likeness (QED) is 0.719. The number of aromatic nitrogens is 5. The van der Waals surface area contributed by atoms with Gasteiger partial charge in [0, 0.05) is 24.9 Å². The third-order valence-corrected chi connectivity index (χ3v) is 2.61. The minimum atomic E-state index is 0.406. The highest BCUT2D eigenvalue weighted by Gasteiger charge is 2.21. The molecule has 6 heteroatoms. The number of anilines is 1. The van der Waals surface area contributed by atoms with Crippen LogP contribution in [0.1, 0.15) is 11.5 Å². The maximum absolute atomic E-state index is 4.01. The Balaban J connectivity index is 1.88. The van der Waals surface area contributed by atoms with Crippen molar-refractivity contribution in [3.63, 3.8) is 0 Å². The molecule has 2 aromatic heterocycles. The van der Waals surface area contributed by atoms with Gasteiger partial charge in [-0.05, 0) is 28.1 Å². The molecule has 76 valence electrons. The molecule has 0 radical (unpaired) electrons. The topological polar surface area (TPSA) is 68.5 Å². The maximum atomic E-state index is 4.01. The molecule has 15 heavy (non-hydrogen) atoms.